The summed E-state index contributed by atoms with van der Waals surface area (Å²) in [4.78, 5) is 2.43. The number of ether oxygens (including phenoxy) is 1. The van der Waals surface area contributed by atoms with Gasteiger partial charge in [0.05, 0.1) is 18.4 Å². The van der Waals surface area contributed by atoms with Gasteiger partial charge in [-0.2, -0.15) is 4.68 Å². The van der Waals surface area contributed by atoms with E-state index in [4.69, 9.17) is 4.74 Å². The van der Waals surface area contributed by atoms with Gasteiger partial charge in [-0.1, -0.05) is 29.5 Å². The summed E-state index contributed by atoms with van der Waals surface area (Å²) in [7, 11) is 0. The highest BCUT2D eigenvalue weighted by molar-refractivity contribution is 7.99. The van der Waals surface area contributed by atoms with Gasteiger partial charge in [0.2, 0.25) is 5.16 Å². The van der Waals surface area contributed by atoms with E-state index in [0.717, 1.165) is 42.8 Å². The maximum atomic E-state index is 5.56. The van der Waals surface area contributed by atoms with Crippen LogP contribution in [0.2, 0.25) is 0 Å². The highest BCUT2D eigenvalue weighted by Crippen LogP contribution is 2.19. The summed E-state index contributed by atoms with van der Waals surface area (Å²) in [5.41, 5.74) is 2.23. The van der Waals surface area contributed by atoms with Gasteiger partial charge in [0.25, 0.3) is 0 Å². The summed E-state index contributed by atoms with van der Waals surface area (Å²) in [6, 6.07) is 8.22. The minimum Gasteiger partial charge on any atom is -0.376 e. The normalized spacial score (nSPS) is 19.5. The van der Waals surface area contributed by atoms with E-state index in [0.29, 0.717) is 6.10 Å². The third kappa shape index (κ3) is 3.85. The number of hydrogen-bond acceptors (Lipinski definition) is 6. The van der Waals surface area contributed by atoms with Gasteiger partial charge in [-0.15, -0.1) is 5.10 Å². The predicted octanol–water partition coefficient (Wildman–Crippen LogP) is 1.78. The van der Waals surface area contributed by atoms with Gasteiger partial charge in [0.1, 0.15) is 0 Å². The number of thioether (sulfide) groups is 1. The Bertz CT molecular complexity index is 600. The van der Waals surface area contributed by atoms with Crippen LogP contribution in [0.25, 0.3) is 5.69 Å². The van der Waals surface area contributed by atoms with Gasteiger partial charge in [0, 0.05) is 25.4 Å². The van der Waals surface area contributed by atoms with Crippen molar-refractivity contribution in [2.45, 2.75) is 25.1 Å². The standard InChI is InChI=1S/C15H21N5OS/c1-12-3-5-14(6-4-12)20-15(16-17-18-20)22-10-8-19-7-9-21-13(2)11-19/h3-6,13H,7-11H2,1-2H3/t13-/m0/s1. The first-order chi connectivity index (χ1) is 10.7. The smallest absolute Gasteiger partial charge is 0.214 e. The Morgan fingerprint density at radius 1 is 1.32 bits per heavy atom. The Balaban J connectivity index is 1.57. The molecule has 0 amide bonds. The Hall–Kier alpha value is -1.44. The topological polar surface area (TPSA) is 56.1 Å². The molecule has 0 N–H and O–H groups in total. The molecule has 1 atom stereocenters. The Labute approximate surface area is 134 Å². The molecule has 1 aliphatic heterocycles. The molecular weight excluding hydrogens is 298 g/mol. The van der Waals surface area contributed by atoms with E-state index in [2.05, 4.69) is 46.4 Å². The minimum absolute atomic E-state index is 0.330. The van der Waals surface area contributed by atoms with Crippen molar-refractivity contribution >= 4 is 11.8 Å². The lowest BCUT2D eigenvalue weighted by molar-refractivity contribution is -0.0158. The number of benzene rings is 1. The van der Waals surface area contributed by atoms with Crippen LogP contribution in [0.4, 0.5) is 0 Å². The molecule has 2 heterocycles. The van der Waals surface area contributed by atoms with Crippen LogP contribution in [0, 0.1) is 6.92 Å². The highest BCUT2D eigenvalue weighted by Gasteiger charge is 2.16. The summed E-state index contributed by atoms with van der Waals surface area (Å²) in [5.74, 6) is 0.971. The van der Waals surface area contributed by atoms with Crippen molar-refractivity contribution in [3.05, 3.63) is 29.8 Å². The molecule has 0 aliphatic carbocycles. The fourth-order valence-electron chi connectivity index (χ4n) is 2.48. The predicted molar refractivity (Wildman–Crippen MR) is 86.5 cm³/mol. The maximum absolute atomic E-state index is 5.56. The lowest BCUT2D eigenvalue weighted by atomic mass is 10.2. The van der Waals surface area contributed by atoms with Gasteiger partial charge in [-0.25, -0.2) is 0 Å². The van der Waals surface area contributed by atoms with E-state index in [1.807, 2.05) is 12.1 Å². The second kappa shape index (κ2) is 7.21. The van der Waals surface area contributed by atoms with Crippen LogP contribution in [0.15, 0.2) is 29.4 Å². The zero-order valence-corrected chi connectivity index (χ0v) is 13.8. The average Bonchev–Trinajstić information content (AvgIpc) is 2.97. The van der Waals surface area contributed by atoms with Crippen LogP contribution >= 0.6 is 11.8 Å². The van der Waals surface area contributed by atoms with Gasteiger partial charge in [-0.05, 0) is 36.4 Å². The van der Waals surface area contributed by atoms with Crippen LogP contribution in [-0.2, 0) is 4.74 Å². The van der Waals surface area contributed by atoms with Crippen LogP contribution in [-0.4, -0.2) is 63.2 Å². The number of aromatic nitrogens is 4. The number of aryl methyl sites for hydroxylation is 1. The first-order valence-corrected chi connectivity index (χ1v) is 8.53. The lowest BCUT2D eigenvalue weighted by Crippen LogP contribution is -2.42. The molecule has 1 saturated heterocycles. The number of nitrogens with zero attached hydrogens (tertiary/aromatic N) is 5. The lowest BCUT2D eigenvalue weighted by Gasteiger charge is -2.30. The van der Waals surface area contributed by atoms with Crippen LogP contribution < -0.4 is 0 Å². The summed E-state index contributed by atoms with van der Waals surface area (Å²) in [5, 5.41) is 12.9. The molecule has 3 rings (SSSR count). The maximum Gasteiger partial charge on any atom is 0.214 e. The molecule has 6 nitrogen and oxygen atoms in total. The first kappa shape index (κ1) is 15.5. The van der Waals surface area contributed by atoms with Crippen molar-refractivity contribution in [1.82, 2.24) is 25.1 Å². The van der Waals surface area contributed by atoms with E-state index < -0.39 is 0 Å². The number of hydrogen-bond donors (Lipinski definition) is 0. The molecule has 1 aromatic carbocycles. The Morgan fingerprint density at radius 3 is 2.91 bits per heavy atom. The van der Waals surface area contributed by atoms with Crippen molar-refractivity contribution in [2.24, 2.45) is 0 Å². The summed E-state index contributed by atoms with van der Waals surface area (Å²) in [6.45, 7) is 8.06. The van der Waals surface area contributed by atoms with Crippen molar-refractivity contribution in [3.63, 3.8) is 0 Å². The first-order valence-electron chi connectivity index (χ1n) is 7.54. The molecule has 0 unspecified atom stereocenters. The van der Waals surface area contributed by atoms with Gasteiger partial charge in [-0.3, -0.25) is 4.90 Å². The zero-order valence-electron chi connectivity index (χ0n) is 13.0. The van der Waals surface area contributed by atoms with Gasteiger partial charge < -0.3 is 4.74 Å². The molecule has 1 fully saturated rings. The number of morpholine rings is 1. The molecule has 1 aliphatic rings. The van der Waals surface area contributed by atoms with Crippen molar-refractivity contribution in [3.8, 4) is 5.69 Å². The van der Waals surface area contributed by atoms with Crippen molar-refractivity contribution in [1.29, 1.82) is 0 Å². The van der Waals surface area contributed by atoms with Crippen LogP contribution in [0.3, 0.4) is 0 Å². The molecule has 1 aromatic heterocycles. The average molecular weight is 319 g/mol. The largest absolute Gasteiger partial charge is 0.376 e. The molecule has 7 heteroatoms. The van der Waals surface area contributed by atoms with Crippen molar-refractivity contribution in [2.75, 3.05) is 32.0 Å². The van der Waals surface area contributed by atoms with E-state index in [1.54, 1.807) is 16.4 Å². The summed E-state index contributed by atoms with van der Waals surface area (Å²) in [6.07, 6.45) is 0.330. The third-order valence-corrected chi connectivity index (χ3v) is 4.58. The Morgan fingerprint density at radius 2 is 2.14 bits per heavy atom. The van der Waals surface area contributed by atoms with E-state index in [9.17, 15) is 0 Å². The van der Waals surface area contributed by atoms with Gasteiger partial charge >= 0.3 is 0 Å². The minimum atomic E-state index is 0.330. The fourth-order valence-corrected chi connectivity index (χ4v) is 3.37. The summed E-state index contributed by atoms with van der Waals surface area (Å²) >= 11 is 1.69. The molecular formula is C15H21N5OS. The molecule has 22 heavy (non-hydrogen) atoms. The zero-order chi connectivity index (χ0) is 15.4. The SMILES string of the molecule is Cc1ccc(-n2nnnc2SCCN2CCO[C@@H](C)C2)cc1. The summed E-state index contributed by atoms with van der Waals surface area (Å²) < 4.78 is 7.36. The van der Waals surface area contributed by atoms with E-state index in [-0.39, 0.29) is 0 Å². The number of rotatable bonds is 5. The van der Waals surface area contributed by atoms with Crippen LogP contribution in [0.5, 0.6) is 0 Å². The van der Waals surface area contributed by atoms with Crippen molar-refractivity contribution < 1.29 is 4.74 Å². The molecule has 0 radical (unpaired) electrons. The third-order valence-electron chi connectivity index (χ3n) is 3.68. The van der Waals surface area contributed by atoms with Gasteiger partial charge in [0.15, 0.2) is 0 Å². The second-order valence-corrected chi connectivity index (χ2v) is 6.60. The molecule has 118 valence electrons. The number of tetrazole rings is 1. The molecule has 2 aromatic rings. The second-order valence-electron chi connectivity index (χ2n) is 5.54. The highest BCUT2D eigenvalue weighted by atomic mass is 32.2. The van der Waals surface area contributed by atoms with E-state index in [1.165, 1.54) is 5.56 Å². The monoisotopic (exact) mass is 319 g/mol. The molecule has 0 bridgehead atoms. The fraction of sp³-hybridized carbons (Fsp3) is 0.533. The van der Waals surface area contributed by atoms with Crippen LogP contribution in [0.1, 0.15) is 12.5 Å². The molecule has 0 saturated carbocycles. The van der Waals surface area contributed by atoms with E-state index >= 15 is 0 Å². The Kier molecular flexibility index (Phi) is 5.07. The molecule has 0 spiro atoms. The quantitative estimate of drug-likeness (QED) is 0.783.